The number of aromatic nitrogens is 1. The molecule has 6 nitrogen and oxygen atoms in total. The van der Waals surface area contributed by atoms with Crippen molar-refractivity contribution < 1.29 is 37.4 Å². The summed E-state index contributed by atoms with van der Waals surface area (Å²) in [6, 6.07) is 20.7. The van der Waals surface area contributed by atoms with Gasteiger partial charge in [-0.25, -0.2) is 9.18 Å². The second-order valence-electron chi connectivity index (χ2n) is 9.09. The summed E-state index contributed by atoms with van der Waals surface area (Å²) in [4.78, 5) is 25.8. The van der Waals surface area contributed by atoms with Crippen molar-refractivity contribution >= 4 is 22.8 Å². The zero-order valence-electron chi connectivity index (χ0n) is 21.0. The Morgan fingerprint density at radius 2 is 1.64 bits per heavy atom. The number of carbonyl (C=O) groups excluding carboxylic acids is 1. The normalized spacial score (nSPS) is 12.0. The van der Waals surface area contributed by atoms with Crippen molar-refractivity contribution in [3.63, 3.8) is 0 Å². The lowest BCUT2D eigenvalue weighted by atomic mass is 9.93. The third kappa shape index (κ3) is 7.53. The summed E-state index contributed by atoms with van der Waals surface area (Å²) in [6.07, 6.45) is -3.15. The Labute approximate surface area is 221 Å². The quantitative estimate of drug-likeness (QED) is 0.238. The SMILES string of the molecule is CC(C)CC(=O)NC(c1ccc(-c2ccccc2)c(F)c1)c1ccc2cccnc2c1O.O=C(O)C(F)(F)F. The van der Waals surface area contributed by atoms with Crippen LogP contribution in [-0.4, -0.2) is 33.2 Å². The van der Waals surface area contributed by atoms with E-state index < -0.39 is 24.0 Å². The number of rotatable bonds is 6. The smallest absolute Gasteiger partial charge is 0.490 e. The van der Waals surface area contributed by atoms with Crippen molar-refractivity contribution in [2.45, 2.75) is 32.5 Å². The second kappa shape index (κ2) is 12.4. The Balaban J connectivity index is 0.000000532. The van der Waals surface area contributed by atoms with Gasteiger partial charge in [0, 0.05) is 29.1 Å². The number of amides is 1. The summed E-state index contributed by atoms with van der Waals surface area (Å²) in [5.41, 5.74) is 2.71. The molecule has 1 atom stereocenters. The number of carbonyl (C=O) groups is 2. The van der Waals surface area contributed by atoms with Crippen LogP contribution < -0.4 is 5.32 Å². The molecule has 1 amide bonds. The first kappa shape index (κ1) is 29.1. The van der Waals surface area contributed by atoms with Crippen molar-refractivity contribution in [3.05, 3.63) is 95.9 Å². The van der Waals surface area contributed by atoms with Crippen molar-refractivity contribution in [2.24, 2.45) is 5.92 Å². The van der Waals surface area contributed by atoms with Crippen molar-refractivity contribution in [1.29, 1.82) is 0 Å². The monoisotopic (exact) mass is 542 g/mol. The molecule has 3 aromatic carbocycles. The van der Waals surface area contributed by atoms with Gasteiger partial charge in [-0.15, -0.1) is 0 Å². The summed E-state index contributed by atoms with van der Waals surface area (Å²) in [6.45, 7) is 3.92. The standard InChI is InChI=1S/C27H25FN2O2.C2HF3O2/c1-17(2)15-24(31)30-25(22-13-10-19-9-6-14-29-26(19)27(22)32)20-11-12-21(23(28)16-20)18-7-4-3-5-8-18;3-2(4,5)1(6)7/h3-14,16-17,25,32H,15H2,1-2H3,(H,30,31);(H,6,7). The van der Waals surface area contributed by atoms with Crippen LogP contribution in [0.3, 0.4) is 0 Å². The van der Waals surface area contributed by atoms with Gasteiger partial charge in [0.1, 0.15) is 17.1 Å². The van der Waals surface area contributed by atoms with Gasteiger partial charge in [-0.1, -0.05) is 74.5 Å². The first-order chi connectivity index (χ1) is 18.4. The van der Waals surface area contributed by atoms with E-state index in [1.807, 2.05) is 56.3 Å². The van der Waals surface area contributed by atoms with Gasteiger partial charge < -0.3 is 15.5 Å². The van der Waals surface area contributed by atoms with E-state index in [2.05, 4.69) is 10.3 Å². The van der Waals surface area contributed by atoms with Crippen LogP contribution in [-0.2, 0) is 9.59 Å². The number of pyridine rings is 1. The largest absolute Gasteiger partial charge is 0.505 e. The van der Waals surface area contributed by atoms with E-state index >= 15 is 4.39 Å². The minimum atomic E-state index is -5.08. The van der Waals surface area contributed by atoms with Gasteiger partial charge in [0.25, 0.3) is 0 Å². The number of nitrogens with zero attached hydrogens (tertiary/aromatic N) is 1. The van der Waals surface area contributed by atoms with Gasteiger partial charge >= 0.3 is 12.1 Å². The lowest BCUT2D eigenvalue weighted by Gasteiger charge is -2.22. The molecule has 0 saturated heterocycles. The molecule has 4 rings (SSSR count). The highest BCUT2D eigenvalue weighted by Gasteiger charge is 2.38. The number of aromatic hydroxyl groups is 1. The Morgan fingerprint density at radius 1 is 0.974 bits per heavy atom. The average Bonchev–Trinajstić information content (AvgIpc) is 2.88. The van der Waals surface area contributed by atoms with Crippen LogP contribution in [0.1, 0.15) is 37.4 Å². The van der Waals surface area contributed by atoms with E-state index in [9.17, 15) is 23.1 Å². The average molecular weight is 543 g/mol. The highest BCUT2D eigenvalue weighted by Crippen LogP contribution is 2.36. The molecule has 0 aliphatic carbocycles. The number of phenolic OH excluding ortho intramolecular Hbond substituents is 1. The molecule has 0 aliphatic rings. The van der Waals surface area contributed by atoms with Crippen LogP contribution in [0.2, 0.25) is 0 Å². The van der Waals surface area contributed by atoms with E-state index in [0.29, 0.717) is 28.6 Å². The fourth-order valence-corrected chi connectivity index (χ4v) is 3.87. The molecular formula is C29H26F4N2O4. The molecule has 0 spiro atoms. The molecule has 39 heavy (non-hydrogen) atoms. The second-order valence-corrected chi connectivity index (χ2v) is 9.09. The number of hydrogen-bond donors (Lipinski definition) is 3. The van der Waals surface area contributed by atoms with E-state index in [1.54, 1.807) is 30.5 Å². The summed E-state index contributed by atoms with van der Waals surface area (Å²) in [5.74, 6) is -3.18. The van der Waals surface area contributed by atoms with Crippen molar-refractivity contribution in [1.82, 2.24) is 10.3 Å². The molecule has 0 saturated carbocycles. The van der Waals surface area contributed by atoms with Gasteiger partial charge in [-0.3, -0.25) is 9.78 Å². The van der Waals surface area contributed by atoms with Crippen LogP contribution in [0.4, 0.5) is 17.6 Å². The molecular weight excluding hydrogens is 516 g/mol. The minimum absolute atomic E-state index is 0.0227. The first-order valence-electron chi connectivity index (χ1n) is 11.9. The van der Waals surface area contributed by atoms with E-state index in [4.69, 9.17) is 9.90 Å². The molecule has 3 N–H and O–H groups in total. The Hall–Kier alpha value is -4.47. The molecule has 1 aromatic heterocycles. The number of benzene rings is 3. The molecule has 1 unspecified atom stereocenters. The van der Waals surface area contributed by atoms with Crippen LogP contribution in [0.25, 0.3) is 22.0 Å². The van der Waals surface area contributed by atoms with Crippen LogP contribution in [0, 0.1) is 11.7 Å². The summed E-state index contributed by atoms with van der Waals surface area (Å²) < 4.78 is 46.9. The molecule has 10 heteroatoms. The third-order valence-corrected chi connectivity index (χ3v) is 5.64. The number of carboxylic acids is 1. The van der Waals surface area contributed by atoms with E-state index in [-0.39, 0.29) is 17.6 Å². The lowest BCUT2D eigenvalue weighted by molar-refractivity contribution is -0.192. The Bertz CT molecular complexity index is 1460. The van der Waals surface area contributed by atoms with E-state index in [0.717, 1.165) is 10.9 Å². The molecule has 204 valence electrons. The maximum absolute atomic E-state index is 15.1. The lowest BCUT2D eigenvalue weighted by Crippen LogP contribution is -2.30. The Morgan fingerprint density at radius 3 is 2.23 bits per heavy atom. The zero-order valence-corrected chi connectivity index (χ0v) is 21.0. The number of hydrogen-bond acceptors (Lipinski definition) is 4. The van der Waals surface area contributed by atoms with Crippen LogP contribution in [0.5, 0.6) is 5.75 Å². The van der Waals surface area contributed by atoms with Crippen LogP contribution >= 0.6 is 0 Å². The topological polar surface area (TPSA) is 99.5 Å². The zero-order chi connectivity index (χ0) is 28.7. The number of aliphatic carboxylic acids is 1. The number of fused-ring (bicyclic) bond motifs is 1. The van der Waals surface area contributed by atoms with Crippen LogP contribution in [0.15, 0.2) is 79.0 Å². The molecule has 0 bridgehead atoms. The predicted octanol–water partition coefficient (Wildman–Crippen LogP) is 6.63. The summed E-state index contributed by atoms with van der Waals surface area (Å²) in [7, 11) is 0. The maximum atomic E-state index is 15.1. The van der Waals surface area contributed by atoms with Gasteiger partial charge in [-0.05, 0) is 29.2 Å². The third-order valence-electron chi connectivity index (χ3n) is 5.64. The number of alkyl halides is 3. The summed E-state index contributed by atoms with van der Waals surface area (Å²) in [5, 5.41) is 21.9. The first-order valence-corrected chi connectivity index (χ1v) is 11.9. The van der Waals surface area contributed by atoms with E-state index in [1.165, 1.54) is 6.07 Å². The number of halogens is 4. The minimum Gasteiger partial charge on any atom is -0.505 e. The highest BCUT2D eigenvalue weighted by atomic mass is 19.4. The van der Waals surface area contributed by atoms with Crippen molar-refractivity contribution in [3.8, 4) is 16.9 Å². The van der Waals surface area contributed by atoms with Gasteiger partial charge in [0.2, 0.25) is 5.91 Å². The molecule has 0 aliphatic heterocycles. The summed E-state index contributed by atoms with van der Waals surface area (Å²) >= 11 is 0. The highest BCUT2D eigenvalue weighted by molar-refractivity contribution is 5.86. The fraction of sp³-hybridized carbons (Fsp3) is 0.207. The molecule has 0 fully saturated rings. The molecule has 0 radical (unpaired) electrons. The number of carboxylic acid groups (broad SMARTS) is 1. The predicted molar refractivity (Wildman–Crippen MR) is 138 cm³/mol. The molecule has 4 aromatic rings. The number of phenols is 1. The van der Waals surface area contributed by atoms with Crippen molar-refractivity contribution in [2.75, 3.05) is 0 Å². The number of nitrogens with one attached hydrogen (secondary N) is 1. The molecule has 1 heterocycles. The Kier molecular flexibility index (Phi) is 9.24. The fourth-order valence-electron chi connectivity index (χ4n) is 3.87. The maximum Gasteiger partial charge on any atom is 0.490 e. The van der Waals surface area contributed by atoms with Gasteiger partial charge in [-0.2, -0.15) is 13.2 Å². The van der Waals surface area contributed by atoms with Gasteiger partial charge in [0.15, 0.2) is 0 Å². The van der Waals surface area contributed by atoms with Gasteiger partial charge in [0.05, 0.1) is 6.04 Å².